The van der Waals surface area contributed by atoms with E-state index in [0.717, 1.165) is 83.5 Å². The van der Waals surface area contributed by atoms with Crippen molar-refractivity contribution in [2.24, 2.45) is 35.5 Å². The highest BCUT2D eigenvalue weighted by molar-refractivity contribution is 5.81. The number of esters is 1. The van der Waals surface area contributed by atoms with E-state index >= 15 is 0 Å². The fraction of sp³-hybridized carbons (Fsp3) is 0.886. The molecule has 0 aliphatic heterocycles. The Labute approximate surface area is 339 Å². The van der Waals surface area contributed by atoms with Crippen LogP contribution in [0.2, 0.25) is 0 Å². The SMILES string of the molecule is C#COC1CCC(C(=O)O)C(C(=O)OC2CCC(CCOCCOCCC3CCC(OOCC4CC(OCCOC5CCCCC5)CCC4C(=O)O)CC3)CC2)C1. The zero-order valence-corrected chi connectivity index (χ0v) is 34.1. The maximum atomic E-state index is 12.9. The van der Waals surface area contributed by atoms with E-state index in [1.165, 1.54) is 19.3 Å². The minimum absolute atomic E-state index is 0.0299. The molecule has 0 saturated heterocycles. The van der Waals surface area contributed by atoms with Crippen molar-refractivity contribution in [3.05, 3.63) is 0 Å². The third-order valence-electron chi connectivity index (χ3n) is 13.3. The molecule has 5 rings (SSSR count). The molecular weight excluding hydrogens is 736 g/mol. The van der Waals surface area contributed by atoms with Crippen molar-refractivity contribution >= 4 is 17.9 Å². The van der Waals surface area contributed by atoms with Crippen molar-refractivity contribution in [2.75, 3.05) is 46.2 Å². The molecule has 6 atom stereocenters. The van der Waals surface area contributed by atoms with E-state index < -0.39 is 35.7 Å². The highest BCUT2D eigenvalue weighted by atomic mass is 17.2. The number of hydrogen-bond acceptors (Lipinski definition) is 11. The van der Waals surface area contributed by atoms with E-state index in [1.807, 2.05) is 0 Å². The van der Waals surface area contributed by atoms with Crippen molar-refractivity contribution in [2.45, 2.75) is 165 Å². The Morgan fingerprint density at radius 2 is 1.11 bits per heavy atom. The van der Waals surface area contributed by atoms with Gasteiger partial charge < -0.3 is 38.6 Å². The lowest BCUT2D eigenvalue weighted by molar-refractivity contribution is -0.338. The lowest BCUT2D eigenvalue weighted by atomic mass is 9.77. The number of carbonyl (C=O) groups excluding carboxylic acids is 1. The second-order valence-electron chi connectivity index (χ2n) is 17.3. The highest BCUT2D eigenvalue weighted by Crippen LogP contribution is 2.36. The van der Waals surface area contributed by atoms with Gasteiger partial charge in [0, 0.05) is 19.1 Å². The largest absolute Gasteiger partial charge is 0.481 e. The first-order chi connectivity index (χ1) is 27.8. The van der Waals surface area contributed by atoms with Gasteiger partial charge in [-0.15, -0.1) is 0 Å². The van der Waals surface area contributed by atoms with Gasteiger partial charge in [0.1, 0.15) is 18.3 Å². The van der Waals surface area contributed by atoms with Crippen molar-refractivity contribution < 1.29 is 62.8 Å². The van der Waals surface area contributed by atoms with E-state index in [1.54, 1.807) is 0 Å². The fourth-order valence-electron chi connectivity index (χ4n) is 9.79. The Morgan fingerprint density at radius 1 is 0.544 bits per heavy atom. The van der Waals surface area contributed by atoms with Gasteiger partial charge in [0.05, 0.1) is 69.1 Å². The first-order valence-corrected chi connectivity index (χ1v) is 22.2. The van der Waals surface area contributed by atoms with E-state index in [4.69, 9.17) is 44.6 Å². The van der Waals surface area contributed by atoms with Crippen LogP contribution in [0.1, 0.15) is 135 Å². The lowest BCUT2D eigenvalue weighted by Crippen LogP contribution is -2.40. The second-order valence-corrected chi connectivity index (χ2v) is 17.3. The minimum atomic E-state index is -0.974. The number of ether oxygens (including phenoxy) is 6. The molecule has 57 heavy (non-hydrogen) atoms. The molecule has 324 valence electrons. The summed E-state index contributed by atoms with van der Waals surface area (Å²) in [6.07, 6.45) is 25.9. The average Bonchev–Trinajstić information content (AvgIpc) is 3.22. The molecule has 0 amide bonds. The predicted molar refractivity (Wildman–Crippen MR) is 209 cm³/mol. The highest BCUT2D eigenvalue weighted by Gasteiger charge is 2.42. The molecule has 13 heteroatoms. The Hall–Kier alpha value is -2.47. The first-order valence-electron chi connectivity index (χ1n) is 22.2. The van der Waals surface area contributed by atoms with Gasteiger partial charge in [0.15, 0.2) is 0 Å². The summed E-state index contributed by atoms with van der Waals surface area (Å²) in [7, 11) is 0. The third kappa shape index (κ3) is 15.9. The normalized spacial score (nSPS) is 32.5. The van der Waals surface area contributed by atoms with Crippen LogP contribution >= 0.6 is 0 Å². The molecule has 0 radical (unpaired) electrons. The number of hydrogen-bond donors (Lipinski definition) is 2. The summed E-state index contributed by atoms with van der Waals surface area (Å²) in [4.78, 5) is 48.1. The zero-order valence-electron chi connectivity index (χ0n) is 34.1. The summed E-state index contributed by atoms with van der Waals surface area (Å²) in [5.41, 5.74) is 0. The van der Waals surface area contributed by atoms with Gasteiger partial charge in [0.25, 0.3) is 0 Å². The number of aliphatic carboxylic acids is 2. The number of terminal acetylenes is 1. The summed E-state index contributed by atoms with van der Waals surface area (Å²) in [6, 6.07) is 0. The smallest absolute Gasteiger partial charge is 0.310 e. The van der Waals surface area contributed by atoms with E-state index in [2.05, 4.69) is 6.11 Å². The molecule has 5 aliphatic carbocycles. The monoisotopic (exact) mass is 806 g/mol. The summed E-state index contributed by atoms with van der Waals surface area (Å²) < 4.78 is 34.9. The van der Waals surface area contributed by atoms with E-state index in [-0.39, 0.29) is 43.4 Å². The van der Waals surface area contributed by atoms with Gasteiger partial charge in [-0.2, -0.15) is 0 Å². The van der Waals surface area contributed by atoms with Crippen molar-refractivity contribution in [3.8, 4) is 12.5 Å². The predicted octanol–water partition coefficient (Wildman–Crippen LogP) is 7.12. The van der Waals surface area contributed by atoms with E-state index in [0.29, 0.717) is 83.3 Å². The van der Waals surface area contributed by atoms with Crippen molar-refractivity contribution in [1.82, 2.24) is 0 Å². The molecule has 5 aliphatic rings. The molecule has 2 N–H and O–H groups in total. The van der Waals surface area contributed by atoms with Crippen LogP contribution in [0.25, 0.3) is 0 Å². The number of rotatable bonds is 23. The first kappa shape index (κ1) is 45.6. The molecule has 13 nitrogen and oxygen atoms in total. The Balaban J connectivity index is 0.837. The molecule has 6 unspecified atom stereocenters. The molecule has 0 heterocycles. The molecule has 0 aromatic rings. The van der Waals surface area contributed by atoms with Gasteiger partial charge in [-0.1, -0.05) is 25.7 Å². The quantitative estimate of drug-likeness (QED) is 0.0353. The van der Waals surface area contributed by atoms with Crippen LogP contribution in [0.4, 0.5) is 0 Å². The standard InChI is InChI=1S/C44H70O13/c1-2-52-38-17-19-40(43(47)48)41(29-38)44(49)56-35-12-8-31(9-13-35)20-22-50-24-25-51-23-21-32-10-14-36(15-11-32)57-55-30-33-28-37(16-18-39(33)42(45)46)54-27-26-53-34-6-4-3-5-7-34/h1,31-41H,3-30H2,(H,45,46)(H,47,48). The van der Waals surface area contributed by atoms with Crippen molar-refractivity contribution in [1.29, 1.82) is 0 Å². The summed E-state index contributed by atoms with van der Waals surface area (Å²) in [5.74, 6) is -3.14. The maximum absolute atomic E-state index is 12.9. The van der Waals surface area contributed by atoms with Gasteiger partial charge in [-0.3, -0.25) is 14.4 Å². The van der Waals surface area contributed by atoms with Crippen LogP contribution in [0.3, 0.4) is 0 Å². The van der Waals surface area contributed by atoms with Crippen LogP contribution in [-0.4, -0.2) is 105 Å². The van der Waals surface area contributed by atoms with Crippen LogP contribution in [0.5, 0.6) is 0 Å². The number of carboxylic acid groups (broad SMARTS) is 2. The van der Waals surface area contributed by atoms with Crippen molar-refractivity contribution in [3.63, 3.8) is 0 Å². The van der Waals surface area contributed by atoms with Gasteiger partial charge in [-0.25, -0.2) is 9.78 Å². The molecule has 0 bridgehead atoms. The molecule has 5 fully saturated rings. The van der Waals surface area contributed by atoms with Crippen LogP contribution < -0.4 is 0 Å². The van der Waals surface area contributed by atoms with E-state index in [9.17, 15) is 24.6 Å². The Kier molecular flexibility index (Phi) is 20.2. The van der Waals surface area contributed by atoms with Gasteiger partial charge in [-0.05, 0) is 127 Å². The maximum Gasteiger partial charge on any atom is 0.310 e. The average molecular weight is 807 g/mol. The number of carboxylic acids is 2. The lowest BCUT2D eigenvalue weighted by Gasteiger charge is -2.34. The summed E-state index contributed by atoms with van der Waals surface area (Å²) >= 11 is 0. The van der Waals surface area contributed by atoms with Crippen LogP contribution in [0, 0.1) is 48.0 Å². The van der Waals surface area contributed by atoms with Gasteiger partial charge in [0.2, 0.25) is 0 Å². The van der Waals surface area contributed by atoms with Crippen LogP contribution in [0.15, 0.2) is 0 Å². The number of carbonyl (C=O) groups is 3. The topological polar surface area (TPSA) is 166 Å². The second kappa shape index (κ2) is 25.2. The Bertz CT molecular complexity index is 1220. The molecule has 0 aromatic carbocycles. The third-order valence-corrected chi connectivity index (χ3v) is 13.3. The zero-order chi connectivity index (χ0) is 40.2. The molecule has 0 spiro atoms. The Morgan fingerprint density at radius 3 is 1.72 bits per heavy atom. The van der Waals surface area contributed by atoms with Crippen LogP contribution in [-0.2, 0) is 52.6 Å². The molecule has 5 saturated carbocycles. The summed E-state index contributed by atoms with van der Waals surface area (Å²) in [6.45, 7) is 3.93. The molecular formula is C44H70O13. The fourth-order valence-corrected chi connectivity index (χ4v) is 9.79. The minimum Gasteiger partial charge on any atom is -0.481 e. The summed E-state index contributed by atoms with van der Waals surface area (Å²) in [5, 5.41) is 19.4. The molecule has 0 aromatic heterocycles. The van der Waals surface area contributed by atoms with Gasteiger partial charge >= 0.3 is 17.9 Å².